The lowest BCUT2D eigenvalue weighted by Crippen LogP contribution is -2.27. The molecule has 0 aliphatic heterocycles. The number of hydrogen-bond donors (Lipinski definition) is 1. The van der Waals surface area contributed by atoms with Crippen molar-refractivity contribution in [3.05, 3.63) is 12.1 Å². The number of thiazole rings is 1. The number of aliphatic hydroxyl groups is 1. The fraction of sp³-hybridized carbons (Fsp3) is 0.600. The van der Waals surface area contributed by atoms with Crippen LogP contribution in [0.15, 0.2) is 12.1 Å². The van der Waals surface area contributed by atoms with Crippen LogP contribution in [0.25, 0.3) is 10.3 Å². The van der Waals surface area contributed by atoms with Gasteiger partial charge in [0.15, 0.2) is 4.83 Å². The van der Waals surface area contributed by atoms with Crippen LogP contribution in [0.5, 0.6) is 11.1 Å². The van der Waals surface area contributed by atoms with Gasteiger partial charge >= 0.3 is 0 Å². The average molecular weight is 308 g/mol. The van der Waals surface area contributed by atoms with Crippen molar-refractivity contribution >= 4 is 21.7 Å². The highest BCUT2D eigenvalue weighted by Crippen LogP contribution is 2.30. The maximum absolute atomic E-state index is 9.66. The van der Waals surface area contributed by atoms with E-state index in [-0.39, 0.29) is 6.61 Å². The molecule has 3 rings (SSSR count). The maximum atomic E-state index is 9.66. The Labute approximate surface area is 127 Å². The number of pyridine rings is 1. The SMILES string of the molecule is CC(C)(O)COc1nc2ccc(OCC3CCC3)nc2s1. The summed E-state index contributed by atoms with van der Waals surface area (Å²) in [4.78, 5) is 9.61. The third kappa shape index (κ3) is 3.83. The van der Waals surface area contributed by atoms with Crippen LogP contribution < -0.4 is 9.47 Å². The minimum Gasteiger partial charge on any atom is -0.477 e. The lowest BCUT2D eigenvalue weighted by molar-refractivity contribution is 0.0285. The second kappa shape index (κ2) is 5.77. The van der Waals surface area contributed by atoms with Crippen molar-refractivity contribution in [3.8, 4) is 11.1 Å². The first-order valence-electron chi connectivity index (χ1n) is 7.25. The zero-order chi connectivity index (χ0) is 14.9. The Morgan fingerprint density at radius 3 is 2.76 bits per heavy atom. The van der Waals surface area contributed by atoms with E-state index in [0.29, 0.717) is 17.0 Å². The van der Waals surface area contributed by atoms with Crippen LogP contribution in [0.2, 0.25) is 0 Å². The number of aromatic nitrogens is 2. The quantitative estimate of drug-likeness (QED) is 0.888. The number of ether oxygens (including phenoxy) is 2. The molecule has 0 amide bonds. The molecule has 0 radical (unpaired) electrons. The highest BCUT2D eigenvalue weighted by atomic mass is 32.1. The smallest absolute Gasteiger partial charge is 0.275 e. The van der Waals surface area contributed by atoms with Gasteiger partial charge in [-0.3, -0.25) is 0 Å². The maximum Gasteiger partial charge on any atom is 0.275 e. The zero-order valence-corrected chi connectivity index (χ0v) is 13.2. The third-order valence-electron chi connectivity index (χ3n) is 3.45. The van der Waals surface area contributed by atoms with Gasteiger partial charge in [-0.2, -0.15) is 0 Å². The third-order valence-corrected chi connectivity index (χ3v) is 4.33. The molecule has 1 saturated carbocycles. The summed E-state index contributed by atoms with van der Waals surface area (Å²) in [6.45, 7) is 4.35. The minimum absolute atomic E-state index is 0.206. The van der Waals surface area contributed by atoms with Crippen LogP contribution >= 0.6 is 11.3 Å². The summed E-state index contributed by atoms with van der Waals surface area (Å²) in [6, 6.07) is 3.74. The summed E-state index contributed by atoms with van der Waals surface area (Å²) in [5.74, 6) is 1.33. The Bertz CT molecular complexity index is 617. The van der Waals surface area contributed by atoms with Gasteiger partial charge in [-0.05, 0) is 38.7 Å². The molecular weight excluding hydrogens is 288 g/mol. The molecule has 6 heteroatoms. The monoisotopic (exact) mass is 308 g/mol. The Hall–Kier alpha value is -1.40. The largest absolute Gasteiger partial charge is 0.477 e. The van der Waals surface area contributed by atoms with Crippen molar-refractivity contribution in [1.82, 2.24) is 9.97 Å². The van der Waals surface area contributed by atoms with Gasteiger partial charge < -0.3 is 14.6 Å². The van der Waals surface area contributed by atoms with Crippen molar-refractivity contribution in [1.29, 1.82) is 0 Å². The minimum atomic E-state index is -0.873. The van der Waals surface area contributed by atoms with E-state index in [9.17, 15) is 5.11 Å². The zero-order valence-electron chi connectivity index (χ0n) is 12.3. The molecule has 2 heterocycles. The molecule has 2 aromatic rings. The van der Waals surface area contributed by atoms with Crippen LogP contribution in [0.1, 0.15) is 33.1 Å². The Kier molecular flexibility index (Phi) is 3.99. The standard InChI is InChI=1S/C15H20N2O3S/c1-15(2,18)9-20-14-16-11-6-7-12(17-13(11)21-14)19-8-10-4-3-5-10/h6-7,10,18H,3-5,8-9H2,1-2H3. The highest BCUT2D eigenvalue weighted by Gasteiger charge is 2.19. The molecule has 0 aromatic carbocycles. The van der Waals surface area contributed by atoms with Gasteiger partial charge in [0.25, 0.3) is 5.19 Å². The number of fused-ring (bicyclic) bond motifs is 1. The molecule has 21 heavy (non-hydrogen) atoms. The van der Waals surface area contributed by atoms with Crippen LogP contribution in [-0.2, 0) is 0 Å². The average Bonchev–Trinajstić information content (AvgIpc) is 2.76. The number of hydrogen-bond acceptors (Lipinski definition) is 6. The fourth-order valence-electron chi connectivity index (χ4n) is 2.02. The normalized spacial score (nSPS) is 16.0. The lowest BCUT2D eigenvalue weighted by Gasteiger charge is -2.24. The van der Waals surface area contributed by atoms with Crippen molar-refractivity contribution in [3.63, 3.8) is 0 Å². The van der Waals surface area contributed by atoms with E-state index in [1.807, 2.05) is 12.1 Å². The van der Waals surface area contributed by atoms with E-state index >= 15 is 0 Å². The van der Waals surface area contributed by atoms with E-state index in [1.165, 1.54) is 30.6 Å². The summed E-state index contributed by atoms with van der Waals surface area (Å²) in [5.41, 5.74) is -0.0794. The molecule has 1 aliphatic carbocycles. The van der Waals surface area contributed by atoms with Gasteiger partial charge in [-0.25, -0.2) is 9.97 Å². The van der Waals surface area contributed by atoms with Gasteiger partial charge in [-0.1, -0.05) is 17.8 Å². The molecule has 0 saturated heterocycles. The Morgan fingerprint density at radius 1 is 1.29 bits per heavy atom. The predicted octanol–water partition coefficient (Wildman–Crippen LogP) is 3.02. The Balaban J connectivity index is 1.66. The van der Waals surface area contributed by atoms with Crippen LogP contribution in [0, 0.1) is 5.92 Å². The molecule has 1 N–H and O–H groups in total. The topological polar surface area (TPSA) is 64.5 Å². The predicted molar refractivity (Wildman–Crippen MR) is 82.0 cm³/mol. The van der Waals surface area contributed by atoms with Crippen molar-refractivity contribution in [2.75, 3.05) is 13.2 Å². The fourth-order valence-corrected chi connectivity index (χ4v) is 2.80. The summed E-state index contributed by atoms with van der Waals surface area (Å²) < 4.78 is 11.2. The van der Waals surface area contributed by atoms with Gasteiger partial charge in [0.05, 0.1) is 12.2 Å². The molecule has 0 spiro atoms. The lowest BCUT2D eigenvalue weighted by atomic mass is 9.86. The van der Waals surface area contributed by atoms with E-state index in [0.717, 1.165) is 17.0 Å². The second-order valence-electron chi connectivity index (χ2n) is 6.16. The number of rotatable bonds is 6. The molecule has 114 valence electrons. The summed E-state index contributed by atoms with van der Waals surface area (Å²) in [7, 11) is 0. The molecule has 0 bridgehead atoms. The van der Waals surface area contributed by atoms with Crippen LogP contribution in [-0.4, -0.2) is 33.9 Å². The molecule has 2 aromatic heterocycles. The van der Waals surface area contributed by atoms with Crippen LogP contribution in [0.3, 0.4) is 0 Å². The molecule has 5 nitrogen and oxygen atoms in total. The van der Waals surface area contributed by atoms with Gasteiger partial charge in [0.2, 0.25) is 5.88 Å². The summed E-state index contributed by atoms with van der Waals surface area (Å²) >= 11 is 1.37. The van der Waals surface area contributed by atoms with Crippen molar-refractivity contribution < 1.29 is 14.6 Å². The van der Waals surface area contributed by atoms with E-state index in [4.69, 9.17) is 9.47 Å². The first kappa shape index (κ1) is 14.5. The van der Waals surface area contributed by atoms with Crippen molar-refractivity contribution in [2.24, 2.45) is 5.92 Å². The second-order valence-corrected chi connectivity index (χ2v) is 7.10. The van der Waals surface area contributed by atoms with E-state index < -0.39 is 5.60 Å². The van der Waals surface area contributed by atoms with Gasteiger partial charge in [-0.15, -0.1) is 0 Å². The van der Waals surface area contributed by atoms with E-state index in [1.54, 1.807) is 13.8 Å². The number of nitrogens with zero attached hydrogens (tertiary/aromatic N) is 2. The molecule has 0 atom stereocenters. The molecule has 1 aliphatic rings. The summed E-state index contributed by atoms with van der Waals surface area (Å²) in [6.07, 6.45) is 3.84. The first-order chi connectivity index (χ1) is 9.99. The van der Waals surface area contributed by atoms with E-state index in [2.05, 4.69) is 9.97 Å². The molecule has 0 unspecified atom stereocenters. The van der Waals surface area contributed by atoms with Gasteiger partial charge in [0.1, 0.15) is 12.1 Å². The highest BCUT2D eigenvalue weighted by molar-refractivity contribution is 7.19. The molecule has 1 fully saturated rings. The van der Waals surface area contributed by atoms with Crippen molar-refractivity contribution in [2.45, 2.75) is 38.7 Å². The van der Waals surface area contributed by atoms with Crippen LogP contribution in [0.4, 0.5) is 0 Å². The summed E-state index contributed by atoms with van der Waals surface area (Å²) in [5, 5.41) is 10.2. The first-order valence-corrected chi connectivity index (χ1v) is 8.07. The van der Waals surface area contributed by atoms with Gasteiger partial charge in [0, 0.05) is 6.07 Å². The molecular formula is C15H20N2O3S. The Morgan fingerprint density at radius 2 is 2.10 bits per heavy atom.